The zero-order chi connectivity index (χ0) is 24.6. The predicted molar refractivity (Wildman–Crippen MR) is 130 cm³/mol. The van der Waals surface area contributed by atoms with Gasteiger partial charge in [-0.05, 0) is 55.3 Å². The number of likely N-dealkylation sites (N-methyl/N-ethyl adjacent to an activating group) is 1. The van der Waals surface area contributed by atoms with E-state index in [0.29, 0.717) is 16.5 Å². The third kappa shape index (κ3) is 7.64. The third-order valence-electron chi connectivity index (χ3n) is 5.19. The summed E-state index contributed by atoms with van der Waals surface area (Å²) in [5, 5.41) is 3.07. The van der Waals surface area contributed by atoms with Gasteiger partial charge in [0.05, 0.1) is 19.1 Å². The summed E-state index contributed by atoms with van der Waals surface area (Å²) in [6, 6.07) is 13.0. The molecule has 0 saturated heterocycles. The highest BCUT2D eigenvalue weighted by atomic mass is 35.5. The zero-order valence-electron chi connectivity index (χ0n) is 19.2. The monoisotopic (exact) mass is 495 g/mol. The quantitative estimate of drug-likeness (QED) is 0.517. The van der Waals surface area contributed by atoms with Crippen molar-refractivity contribution in [3.05, 3.63) is 59.1 Å². The van der Waals surface area contributed by atoms with Gasteiger partial charge in [-0.2, -0.15) is 0 Å². The molecule has 0 aliphatic heterocycles. The Balaban J connectivity index is 2.13. The molecule has 0 bridgehead atoms. The SMILES string of the molecule is CNC(=O)[C@H](C)N(Cc1ccc(OC)cc1)C(=O)CCCN(c1ccc(Cl)cc1)S(C)(=O)=O. The van der Waals surface area contributed by atoms with Crippen LogP contribution >= 0.6 is 11.6 Å². The number of hydrogen-bond acceptors (Lipinski definition) is 5. The number of carbonyl (C=O) groups is 2. The molecule has 10 heteroatoms. The summed E-state index contributed by atoms with van der Waals surface area (Å²) in [6.45, 7) is 2.03. The van der Waals surface area contributed by atoms with Gasteiger partial charge in [-0.25, -0.2) is 8.42 Å². The standard InChI is InChI=1S/C23H30ClN3O5S/c1-17(23(29)25-2)26(16-18-7-13-21(32-3)14-8-18)22(28)6-5-15-27(33(4,30)31)20-11-9-19(24)10-12-20/h7-14,17H,5-6,15-16H2,1-4H3,(H,25,29)/t17-/m0/s1. The van der Waals surface area contributed by atoms with Crippen LogP contribution in [-0.4, -0.2) is 58.1 Å². The van der Waals surface area contributed by atoms with Gasteiger partial charge in [-0.3, -0.25) is 13.9 Å². The molecular weight excluding hydrogens is 466 g/mol. The Labute approximate surface area is 200 Å². The predicted octanol–water partition coefficient (Wildman–Crippen LogP) is 3.06. The van der Waals surface area contributed by atoms with Gasteiger partial charge >= 0.3 is 0 Å². The summed E-state index contributed by atoms with van der Waals surface area (Å²) in [5.41, 5.74) is 1.32. The fourth-order valence-electron chi connectivity index (χ4n) is 3.33. The Morgan fingerprint density at radius 2 is 1.70 bits per heavy atom. The smallest absolute Gasteiger partial charge is 0.242 e. The van der Waals surface area contributed by atoms with E-state index in [4.69, 9.17) is 16.3 Å². The lowest BCUT2D eigenvalue weighted by atomic mass is 10.1. The van der Waals surface area contributed by atoms with Gasteiger partial charge in [-0.1, -0.05) is 23.7 Å². The highest BCUT2D eigenvalue weighted by molar-refractivity contribution is 7.92. The topological polar surface area (TPSA) is 96.0 Å². The first-order valence-electron chi connectivity index (χ1n) is 10.4. The highest BCUT2D eigenvalue weighted by Gasteiger charge is 2.26. The highest BCUT2D eigenvalue weighted by Crippen LogP contribution is 2.21. The van der Waals surface area contributed by atoms with Crippen LogP contribution in [0.25, 0.3) is 0 Å². The normalized spacial score (nSPS) is 12.0. The Kier molecular flexibility index (Phi) is 9.55. The number of ether oxygens (including phenoxy) is 1. The first kappa shape index (κ1) is 26.5. The molecule has 33 heavy (non-hydrogen) atoms. The summed E-state index contributed by atoms with van der Waals surface area (Å²) in [5.74, 6) is 0.168. The number of carbonyl (C=O) groups excluding carboxylic acids is 2. The van der Waals surface area contributed by atoms with Gasteiger partial charge in [0.15, 0.2) is 0 Å². The maximum Gasteiger partial charge on any atom is 0.242 e. The lowest BCUT2D eigenvalue weighted by Gasteiger charge is -2.29. The van der Waals surface area contributed by atoms with Gasteiger partial charge in [0.1, 0.15) is 11.8 Å². The maximum absolute atomic E-state index is 13.1. The van der Waals surface area contributed by atoms with Crippen LogP contribution in [0, 0.1) is 0 Å². The van der Waals surface area contributed by atoms with Crippen molar-refractivity contribution in [2.24, 2.45) is 0 Å². The Bertz CT molecular complexity index is 1040. The molecule has 0 fully saturated rings. The van der Waals surface area contributed by atoms with Crippen molar-refractivity contribution in [1.29, 1.82) is 0 Å². The van der Waals surface area contributed by atoms with Crippen LogP contribution in [0.15, 0.2) is 48.5 Å². The lowest BCUT2D eigenvalue weighted by molar-refractivity contribution is -0.140. The molecule has 1 atom stereocenters. The second-order valence-electron chi connectivity index (χ2n) is 7.58. The van der Waals surface area contributed by atoms with Crippen molar-refractivity contribution in [3.8, 4) is 5.75 Å². The molecule has 2 aromatic rings. The van der Waals surface area contributed by atoms with Gasteiger partial charge < -0.3 is 15.0 Å². The maximum atomic E-state index is 13.1. The van der Waals surface area contributed by atoms with Crippen LogP contribution in [0.5, 0.6) is 5.75 Å². The molecule has 0 radical (unpaired) electrons. The lowest BCUT2D eigenvalue weighted by Crippen LogP contribution is -2.46. The summed E-state index contributed by atoms with van der Waals surface area (Å²) in [7, 11) is -0.458. The van der Waals surface area contributed by atoms with E-state index in [9.17, 15) is 18.0 Å². The van der Waals surface area contributed by atoms with Gasteiger partial charge in [0.2, 0.25) is 21.8 Å². The Morgan fingerprint density at radius 1 is 1.09 bits per heavy atom. The van der Waals surface area contributed by atoms with Gasteiger partial charge in [-0.15, -0.1) is 0 Å². The van der Waals surface area contributed by atoms with Crippen LogP contribution in [0.4, 0.5) is 5.69 Å². The number of amides is 2. The second kappa shape index (κ2) is 11.9. The number of anilines is 1. The van der Waals surface area contributed by atoms with Gasteiger partial charge in [0.25, 0.3) is 0 Å². The van der Waals surface area contributed by atoms with Crippen molar-refractivity contribution in [2.75, 3.05) is 31.3 Å². The largest absolute Gasteiger partial charge is 0.497 e. The van der Waals surface area contributed by atoms with E-state index in [1.54, 1.807) is 50.4 Å². The molecule has 0 heterocycles. The number of benzene rings is 2. The van der Waals surface area contributed by atoms with E-state index in [1.807, 2.05) is 12.1 Å². The van der Waals surface area contributed by atoms with Crippen molar-refractivity contribution < 1.29 is 22.7 Å². The van der Waals surface area contributed by atoms with Crippen molar-refractivity contribution >= 4 is 39.1 Å². The first-order valence-corrected chi connectivity index (χ1v) is 12.7. The molecule has 0 aliphatic carbocycles. The molecule has 0 aliphatic rings. The average Bonchev–Trinajstić information content (AvgIpc) is 2.79. The van der Waals surface area contributed by atoms with E-state index in [2.05, 4.69) is 5.32 Å². The number of rotatable bonds is 11. The van der Waals surface area contributed by atoms with Crippen LogP contribution in [0.1, 0.15) is 25.3 Å². The van der Waals surface area contributed by atoms with Gasteiger partial charge in [0, 0.05) is 31.6 Å². The number of methoxy groups -OCH3 is 1. The average molecular weight is 496 g/mol. The molecule has 1 N–H and O–H groups in total. The van der Waals surface area contributed by atoms with Crippen molar-refractivity contribution in [1.82, 2.24) is 10.2 Å². The molecule has 0 unspecified atom stereocenters. The van der Waals surface area contributed by atoms with E-state index in [1.165, 1.54) is 16.3 Å². The van der Waals surface area contributed by atoms with Crippen molar-refractivity contribution in [3.63, 3.8) is 0 Å². The molecule has 180 valence electrons. The molecule has 0 saturated carbocycles. The van der Waals surface area contributed by atoms with E-state index >= 15 is 0 Å². The van der Waals surface area contributed by atoms with Crippen LogP contribution < -0.4 is 14.4 Å². The first-order chi connectivity index (χ1) is 15.6. The van der Waals surface area contributed by atoms with E-state index in [-0.39, 0.29) is 37.7 Å². The summed E-state index contributed by atoms with van der Waals surface area (Å²) < 4.78 is 31.0. The Hall–Kier alpha value is -2.78. The molecule has 2 amide bonds. The molecule has 8 nitrogen and oxygen atoms in total. The molecule has 2 aromatic carbocycles. The summed E-state index contributed by atoms with van der Waals surface area (Å²) in [4.78, 5) is 26.8. The second-order valence-corrected chi connectivity index (χ2v) is 9.92. The number of nitrogens with one attached hydrogen (secondary N) is 1. The fourth-order valence-corrected chi connectivity index (χ4v) is 4.42. The minimum Gasteiger partial charge on any atom is -0.497 e. The number of hydrogen-bond donors (Lipinski definition) is 1. The summed E-state index contributed by atoms with van der Waals surface area (Å²) >= 11 is 5.90. The zero-order valence-corrected chi connectivity index (χ0v) is 20.8. The molecule has 0 aromatic heterocycles. The molecule has 2 rings (SSSR count). The summed E-state index contributed by atoms with van der Waals surface area (Å²) in [6.07, 6.45) is 1.48. The molecule has 0 spiro atoms. The number of halogens is 1. The fraction of sp³-hybridized carbons (Fsp3) is 0.391. The number of sulfonamides is 1. The van der Waals surface area contributed by atoms with E-state index < -0.39 is 16.1 Å². The Morgan fingerprint density at radius 3 is 2.21 bits per heavy atom. The minimum absolute atomic E-state index is 0.0805. The number of nitrogens with zero attached hydrogens (tertiary/aromatic N) is 2. The van der Waals surface area contributed by atoms with Crippen LogP contribution in [0.2, 0.25) is 5.02 Å². The van der Waals surface area contributed by atoms with E-state index in [0.717, 1.165) is 11.8 Å². The molecular formula is C23H30ClN3O5S. The van der Waals surface area contributed by atoms with Crippen molar-refractivity contribution in [2.45, 2.75) is 32.4 Å². The minimum atomic E-state index is -3.55. The van der Waals surface area contributed by atoms with Crippen LogP contribution in [-0.2, 0) is 26.2 Å². The third-order valence-corrected chi connectivity index (χ3v) is 6.64. The van der Waals surface area contributed by atoms with Crippen LogP contribution in [0.3, 0.4) is 0 Å².